The van der Waals surface area contributed by atoms with Crippen molar-refractivity contribution in [2.45, 2.75) is 31.7 Å². The van der Waals surface area contributed by atoms with Gasteiger partial charge in [-0.15, -0.1) is 0 Å². The third-order valence-electron chi connectivity index (χ3n) is 3.82. The van der Waals surface area contributed by atoms with E-state index in [9.17, 15) is 4.79 Å². The summed E-state index contributed by atoms with van der Waals surface area (Å²) >= 11 is 5.86. The van der Waals surface area contributed by atoms with Crippen molar-refractivity contribution in [2.24, 2.45) is 0 Å². The highest BCUT2D eigenvalue weighted by molar-refractivity contribution is 6.30. The molecule has 0 bridgehead atoms. The Bertz CT molecular complexity index is 634. The van der Waals surface area contributed by atoms with Crippen molar-refractivity contribution in [3.63, 3.8) is 0 Å². The molecule has 1 amide bonds. The third kappa shape index (κ3) is 3.77. The second kappa shape index (κ2) is 6.79. The molecule has 2 N–H and O–H groups in total. The van der Waals surface area contributed by atoms with Crippen molar-refractivity contribution in [3.8, 4) is 0 Å². The molecule has 0 aliphatic heterocycles. The fourth-order valence-corrected chi connectivity index (χ4v) is 2.76. The van der Waals surface area contributed by atoms with Gasteiger partial charge in [0.25, 0.3) is 5.91 Å². The van der Waals surface area contributed by atoms with Gasteiger partial charge < -0.3 is 10.6 Å². The number of halogens is 1. The van der Waals surface area contributed by atoms with Crippen molar-refractivity contribution in [1.29, 1.82) is 0 Å². The fraction of sp³-hybridized carbons (Fsp3) is 0.294. The highest BCUT2D eigenvalue weighted by Gasteiger charge is 2.18. The van der Waals surface area contributed by atoms with E-state index in [4.69, 9.17) is 11.6 Å². The Balaban J connectivity index is 1.61. The van der Waals surface area contributed by atoms with Crippen molar-refractivity contribution in [3.05, 3.63) is 53.3 Å². The first kappa shape index (κ1) is 14.9. The molecule has 1 saturated carbocycles. The zero-order valence-electron chi connectivity index (χ0n) is 12.2. The minimum Gasteiger partial charge on any atom is -0.354 e. The van der Waals surface area contributed by atoms with Crippen LogP contribution in [0.4, 0.5) is 11.4 Å². The van der Waals surface area contributed by atoms with E-state index in [0.29, 0.717) is 16.8 Å². The molecule has 0 unspecified atom stereocenters. The molecular formula is C17H18ClN3O. The number of carbonyl (C=O) groups is 1. The minimum absolute atomic E-state index is 0.0926. The maximum absolute atomic E-state index is 12.1. The number of benzene rings is 1. The summed E-state index contributed by atoms with van der Waals surface area (Å²) in [4.78, 5) is 16.3. The Hall–Kier alpha value is -2.07. The number of nitrogens with zero attached hydrogens (tertiary/aromatic N) is 1. The molecule has 22 heavy (non-hydrogen) atoms. The summed E-state index contributed by atoms with van der Waals surface area (Å²) in [5, 5.41) is 6.95. The molecule has 5 heteroatoms. The lowest BCUT2D eigenvalue weighted by Crippen LogP contribution is -2.33. The number of anilines is 2. The summed E-state index contributed by atoms with van der Waals surface area (Å²) in [5.41, 5.74) is 2.21. The van der Waals surface area contributed by atoms with Gasteiger partial charge in [-0.25, -0.2) is 4.98 Å². The number of hydrogen-bond donors (Lipinski definition) is 2. The third-order valence-corrected chi connectivity index (χ3v) is 4.07. The summed E-state index contributed by atoms with van der Waals surface area (Å²) in [5.74, 6) is -0.0926. The summed E-state index contributed by atoms with van der Waals surface area (Å²) in [6.07, 6.45) is 6.20. The molecule has 4 nitrogen and oxygen atoms in total. The van der Waals surface area contributed by atoms with Gasteiger partial charge in [0.1, 0.15) is 5.69 Å². The molecule has 1 heterocycles. The quantitative estimate of drug-likeness (QED) is 0.891. The topological polar surface area (TPSA) is 54.0 Å². The van der Waals surface area contributed by atoms with Crippen LogP contribution in [0.3, 0.4) is 0 Å². The van der Waals surface area contributed by atoms with Crippen LogP contribution in [-0.2, 0) is 0 Å². The van der Waals surface area contributed by atoms with Gasteiger partial charge >= 0.3 is 0 Å². The lowest BCUT2D eigenvalue weighted by atomic mass is 10.2. The predicted octanol–water partition coefficient (Wildman–Crippen LogP) is 4.15. The summed E-state index contributed by atoms with van der Waals surface area (Å²) in [6.45, 7) is 0. The van der Waals surface area contributed by atoms with Gasteiger partial charge in [0.15, 0.2) is 0 Å². The van der Waals surface area contributed by atoms with Crippen LogP contribution in [0.15, 0.2) is 42.6 Å². The Morgan fingerprint density at radius 3 is 2.36 bits per heavy atom. The number of pyridine rings is 1. The van der Waals surface area contributed by atoms with Crippen molar-refractivity contribution in [2.75, 3.05) is 5.32 Å². The average molecular weight is 316 g/mol. The lowest BCUT2D eigenvalue weighted by molar-refractivity contribution is 0.0933. The first-order valence-corrected chi connectivity index (χ1v) is 7.88. The van der Waals surface area contributed by atoms with E-state index in [0.717, 1.165) is 24.2 Å². The van der Waals surface area contributed by atoms with Gasteiger partial charge in [0, 0.05) is 16.8 Å². The molecule has 1 aromatic heterocycles. The molecule has 114 valence electrons. The number of hydrogen-bond acceptors (Lipinski definition) is 3. The first-order chi connectivity index (χ1) is 10.7. The normalized spacial score (nSPS) is 14.8. The Kier molecular flexibility index (Phi) is 4.59. The zero-order valence-corrected chi connectivity index (χ0v) is 12.9. The van der Waals surface area contributed by atoms with Crippen molar-refractivity contribution >= 4 is 28.9 Å². The minimum atomic E-state index is -0.0926. The van der Waals surface area contributed by atoms with E-state index >= 15 is 0 Å². The van der Waals surface area contributed by atoms with Crippen LogP contribution in [-0.4, -0.2) is 16.9 Å². The largest absolute Gasteiger partial charge is 0.354 e. The standard InChI is InChI=1S/C17H18ClN3O/c18-12-5-7-14(8-6-12)20-15-9-10-16(19-11-15)17(22)21-13-3-1-2-4-13/h5-11,13,20H,1-4H2,(H,21,22). The summed E-state index contributed by atoms with van der Waals surface area (Å²) in [7, 11) is 0. The molecule has 0 spiro atoms. The van der Waals surface area contributed by atoms with E-state index in [1.54, 1.807) is 12.3 Å². The molecule has 1 aromatic carbocycles. The van der Waals surface area contributed by atoms with Crippen LogP contribution in [0.25, 0.3) is 0 Å². The van der Waals surface area contributed by atoms with Gasteiger partial charge in [-0.1, -0.05) is 24.4 Å². The van der Waals surface area contributed by atoms with E-state index in [-0.39, 0.29) is 5.91 Å². The smallest absolute Gasteiger partial charge is 0.270 e. The van der Waals surface area contributed by atoms with Crippen LogP contribution < -0.4 is 10.6 Å². The van der Waals surface area contributed by atoms with Crippen molar-refractivity contribution in [1.82, 2.24) is 10.3 Å². The van der Waals surface area contributed by atoms with Crippen LogP contribution in [0.2, 0.25) is 5.02 Å². The summed E-state index contributed by atoms with van der Waals surface area (Å²) < 4.78 is 0. The second-order valence-corrected chi connectivity index (χ2v) is 5.96. The SMILES string of the molecule is O=C(NC1CCCC1)c1ccc(Nc2ccc(Cl)cc2)cn1. The van der Waals surface area contributed by atoms with E-state index in [1.165, 1.54) is 12.8 Å². The number of aromatic nitrogens is 1. The number of rotatable bonds is 4. The van der Waals surface area contributed by atoms with E-state index in [1.807, 2.05) is 30.3 Å². The van der Waals surface area contributed by atoms with Crippen LogP contribution >= 0.6 is 11.6 Å². The molecule has 1 aliphatic carbocycles. The van der Waals surface area contributed by atoms with Crippen molar-refractivity contribution < 1.29 is 4.79 Å². The molecule has 0 atom stereocenters. The number of amides is 1. The van der Waals surface area contributed by atoms with Gasteiger partial charge in [0.2, 0.25) is 0 Å². The molecule has 1 fully saturated rings. The maximum Gasteiger partial charge on any atom is 0.270 e. The average Bonchev–Trinajstić information content (AvgIpc) is 3.03. The predicted molar refractivity (Wildman–Crippen MR) is 88.7 cm³/mol. The van der Waals surface area contributed by atoms with Crippen LogP contribution in [0, 0.1) is 0 Å². The molecule has 0 radical (unpaired) electrons. The lowest BCUT2D eigenvalue weighted by Gasteiger charge is -2.11. The van der Waals surface area contributed by atoms with Gasteiger partial charge in [-0.2, -0.15) is 0 Å². The highest BCUT2D eigenvalue weighted by Crippen LogP contribution is 2.20. The van der Waals surface area contributed by atoms with E-state index in [2.05, 4.69) is 15.6 Å². The van der Waals surface area contributed by atoms with Gasteiger partial charge in [-0.05, 0) is 49.2 Å². The number of nitrogens with one attached hydrogen (secondary N) is 2. The Morgan fingerprint density at radius 2 is 1.73 bits per heavy atom. The van der Waals surface area contributed by atoms with E-state index < -0.39 is 0 Å². The molecule has 1 aliphatic rings. The highest BCUT2D eigenvalue weighted by atomic mass is 35.5. The zero-order chi connectivity index (χ0) is 15.4. The molecular weight excluding hydrogens is 298 g/mol. The van der Waals surface area contributed by atoms with Crippen LogP contribution in [0.5, 0.6) is 0 Å². The summed E-state index contributed by atoms with van der Waals surface area (Å²) in [6, 6.07) is 11.3. The molecule has 2 aromatic rings. The van der Waals surface area contributed by atoms with Gasteiger partial charge in [-0.3, -0.25) is 4.79 Å². The molecule has 3 rings (SSSR count). The fourth-order valence-electron chi connectivity index (χ4n) is 2.63. The molecule has 0 saturated heterocycles. The van der Waals surface area contributed by atoms with Gasteiger partial charge in [0.05, 0.1) is 11.9 Å². The Morgan fingerprint density at radius 1 is 1.05 bits per heavy atom. The second-order valence-electron chi connectivity index (χ2n) is 5.52. The van der Waals surface area contributed by atoms with Crippen LogP contribution in [0.1, 0.15) is 36.2 Å². The Labute approximate surface area is 134 Å². The monoisotopic (exact) mass is 315 g/mol. The first-order valence-electron chi connectivity index (χ1n) is 7.50. The maximum atomic E-state index is 12.1. The number of carbonyl (C=O) groups excluding carboxylic acids is 1.